The fraction of sp³-hybridized carbons (Fsp3) is 0.150. The standard InChI is InChI=1S/C20H17NO2S/c1-13-7-10-16(11-8-13)24-23-21-20-14(2)22-18-12-9-15-5-3-4-6-17(15)19(18)20/h3-12,14H,1-2H3/b21-20+. The first-order valence-electron chi connectivity index (χ1n) is 7.89. The molecule has 4 rings (SSSR count). The summed E-state index contributed by atoms with van der Waals surface area (Å²) in [6.07, 6.45) is -0.121. The molecule has 0 fully saturated rings. The first kappa shape index (κ1) is 15.1. The van der Waals surface area contributed by atoms with Crippen molar-refractivity contribution in [3.05, 3.63) is 71.8 Å². The zero-order valence-electron chi connectivity index (χ0n) is 13.5. The topological polar surface area (TPSA) is 30.8 Å². The summed E-state index contributed by atoms with van der Waals surface area (Å²) in [5.41, 5.74) is 3.09. The molecule has 1 unspecified atom stereocenters. The molecule has 0 spiro atoms. The number of rotatable bonds is 3. The Morgan fingerprint density at radius 3 is 2.62 bits per heavy atom. The summed E-state index contributed by atoms with van der Waals surface area (Å²) in [6, 6.07) is 20.5. The molecule has 1 aliphatic heterocycles. The lowest BCUT2D eigenvalue weighted by atomic mass is 10.00. The van der Waals surface area contributed by atoms with Gasteiger partial charge in [-0.25, -0.2) is 0 Å². The van der Waals surface area contributed by atoms with Crippen LogP contribution in [0.15, 0.2) is 70.7 Å². The quantitative estimate of drug-likeness (QED) is 0.477. The van der Waals surface area contributed by atoms with E-state index in [1.807, 2.05) is 37.3 Å². The highest BCUT2D eigenvalue weighted by Crippen LogP contribution is 2.36. The molecule has 1 heterocycles. The van der Waals surface area contributed by atoms with Crippen LogP contribution in [0, 0.1) is 6.92 Å². The Morgan fingerprint density at radius 2 is 1.79 bits per heavy atom. The maximum atomic E-state index is 5.93. The predicted molar refractivity (Wildman–Crippen MR) is 98.7 cm³/mol. The van der Waals surface area contributed by atoms with Gasteiger partial charge in [0, 0.05) is 0 Å². The van der Waals surface area contributed by atoms with Crippen LogP contribution in [0.3, 0.4) is 0 Å². The second-order valence-electron chi connectivity index (χ2n) is 5.87. The van der Waals surface area contributed by atoms with Crippen LogP contribution in [-0.4, -0.2) is 11.8 Å². The molecule has 3 nitrogen and oxygen atoms in total. The zero-order chi connectivity index (χ0) is 16.5. The van der Waals surface area contributed by atoms with E-state index in [1.165, 1.54) is 23.0 Å². The van der Waals surface area contributed by atoms with E-state index in [9.17, 15) is 0 Å². The summed E-state index contributed by atoms with van der Waals surface area (Å²) in [7, 11) is 0. The number of hydrogen-bond acceptors (Lipinski definition) is 4. The summed E-state index contributed by atoms with van der Waals surface area (Å²) >= 11 is 1.26. The highest BCUT2D eigenvalue weighted by molar-refractivity contribution is 7.94. The van der Waals surface area contributed by atoms with Gasteiger partial charge in [-0.15, -0.1) is 0 Å². The van der Waals surface area contributed by atoms with Crippen LogP contribution in [0.1, 0.15) is 18.1 Å². The SMILES string of the molecule is Cc1ccc(SO/N=C2/c3c(ccc4ccccc34)OC2C)cc1. The van der Waals surface area contributed by atoms with Crippen LogP contribution in [0.25, 0.3) is 10.8 Å². The van der Waals surface area contributed by atoms with Crippen molar-refractivity contribution in [2.75, 3.05) is 0 Å². The van der Waals surface area contributed by atoms with Crippen molar-refractivity contribution in [3.63, 3.8) is 0 Å². The lowest BCUT2D eigenvalue weighted by Gasteiger charge is -2.05. The molecule has 120 valence electrons. The molecule has 1 atom stereocenters. The molecular weight excluding hydrogens is 318 g/mol. The largest absolute Gasteiger partial charge is 0.484 e. The molecule has 24 heavy (non-hydrogen) atoms. The van der Waals surface area contributed by atoms with Crippen LogP contribution in [0.2, 0.25) is 0 Å². The third-order valence-corrected chi connectivity index (χ3v) is 4.74. The maximum absolute atomic E-state index is 5.93. The minimum Gasteiger partial charge on any atom is -0.484 e. The number of hydrogen-bond donors (Lipinski definition) is 0. The van der Waals surface area contributed by atoms with E-state index >= 15 is 0 Å². The monoisotopic (exact) mass is 335 g/mol. The normalized spacial score (nSPS) is 17.8. The fourth-order valence-electron chi connectivity index (χ4n) is 2.88. The second kappa shape index (κ2) is 6.21. The molecule has 3 aromatic rings. The summed E-state index contributed by atoms with van der Waals surface area (Å²) in [6.45, 7) is 4.06. The van der Waals surface area contributed by atoms with Crippen LogP contribution in [0.4, 0.5) is 0 Å². The number of nitrogens with zero attached hydrogens (tertiary/aromatic N) is 1. The highest BCUT2D eigenvalue weighted by atomic mass is 32.2. The van der Waals surface area contributed by atoms with E-state index in [2.05, 4.69) is 42.4 Å². The average Bonchev–Trinajstić information content (AvgIpc) is 2.93. The predicted octanol–water partition coefficient (Wildman–Crippen LogP) is 5.36. The minimum absolute atomic E-state index is 0.121. The van der Waals surface area contributed by atoms with E-state index in [0.29, 0.717) is 0 Å². The number of ether oxygens (including phenoxy) is 1. The van der Waals surface area contributed by atoms with Gasteiger partial charge < -0.3 is 9.02 Å². The van der Waals surface area contributed by atoms with Crippen molar-refractivity contribution >= 4 is 28.5 Å². The van der Waals surface area contributed by atoms with Crippen LogP contribution in [0.5, 0.6) is 5.75 Å². The summed E-state index contributed by atoms with van der Waals surface area (Å²) in [5.74, 6) is 0.865. The molecule has 0 radical (unpaired) electrons. The van der Waals surface area contributed by atoms with Crippen molar-refractivity contribution < 1.29 is 9.02 Å². The van der Waals surface area contributed by atoms with Gasteiger partial charge in [0.25, 0.3) is 0 Å². The van der Waals surface area contributed by atoms with E-state index in [-0.39, 0.29) is 6.10 Å². The summed E-state index contributed by atoms with van der Waals surface area (Å²) in [4.78, 5) is 1.02. The maximum Gasteiger partial charge on any atom is 0.142 e. The third kappa shape index (κ3) is 2.74. The van der Waals surface area contributed by atoms with E-state index < -0.39 is 0 Å². The first-order valence-corrected chi connectivity index (χ1v) is 8.63. The van der Waals surface area contributed by atoms with Crippen molar-refractivity contribution in [1.82, 2.24) is 0 Å². The average molecular weight is 335 g/mol. The van der Waals surface area contributed by atoms with Gasteiger partial charge in [0.1, 0.15) is 29.6 Å². The Bertz CT molecular complexity index is 919. The molecule has 0 saturated heterocycles. The Morgan fingerprint density at radius 1 is 1.00 bits per heavy atom. The van der Waals surface area contributed by atoms with E-state index in [1.54, 1.807) is 0 Å². The Kier molecular flexibility index (Phi) is 3.90. The fourth-order valence-corrected chi connectivity index (χ4v) is 3.33. The highest BCUT2D eigenvalue weighted by Gasteiger charge is 2.29. The molecule has 3 aromatic carbocycles. The third-order valence-electron chi connectivity index (χ3n) is 4.13. The summed E-state index contributed by atoms with van der Waals surface area (Å²) in [5, 5.41) is 6.68. The van der Waals surface area contributed by atoms with Crippen molar-refractivity contribution in [3.8, 4) is 5.75 Å². The van der Waals surface area contributed by atoms with Gasteiger partial charge in [-0.3, -0.25) is 0 Å². The van der Waals surface area contributed by atoms with E-state index in [4.69, 9.17) is 9.02 Å². The van der Waals surface area contributed by atoms with Crippen molar-refractivity contribution in [2.45, 2.75) is 24.8 Å². The molecular formula is C20H17NO2S. The molecule has 0 aliphatic carbocycles. The number of aryl methyl sites for hydroxylation is 1. The van der Waals surface area contributed by atoms with Gasteiger partial charge in [0.2, 0.25) is 0 Å². The lowest BCUT2D eigenvalue weighted by Crippen LogP contribution is -2.16. The van der Waals surface area contributed by atoms with Gasteiger partial charge >= 0.3 is 0 Å². The molecule has 0 aromatic heterocycles. The minimum atomic E-state index is -0.121. The number of benzene rings is 3. The number of oxime groups is 1. The molecule has 0 saturated carbocycles. The molecule has 0 N–H and O–H groups in total. The van der Waals surface area contributed by atoms with Crippen molar-refractivity contribution in [2.24, 2.45) is 5.16 Å². The smallest absolute Gasteiger partial charge is 0.142 e. The Balaban J connectivity index is 1.64. The molecule has 0 bridgehead atoms. The van der Waals surface area contributed by atoms with Crippen molar-refractivity contribution in [1.29, 1.82) is 0 Å². The van der Waals surface area contributed by atoms with Gasteiger partial charge in [0.15, 0.2) is 0 Å². The second-order valence-corrected chi connectivity index (χ2v) is 6.65. The van der Waals surface area contributed by atoms with Gasteiger partial charge in [-0.2, -0.15) is 0 Å². The van der Waals surface area contributed by atoms with Gasteiger partial charge in [-0.05, 0) is 42.8 Å². The van der Waals surface area contributed by atoms with Gasteiger partial charge in [-0.1, -0.05) is 53.2 Å². The summed E-state index contributed by atoms with van der Waals surface area (Å²) < 4.78 is 11.5. The molecule has 0 amide bonds. The Hall–Kier alpha value is -2.46. The number of fused-ring (bicyclic) bond motifs is 3. The molecule has 1 aliphatic rings. The van der Waals surface area contributed by atoms with Crippen LogP contribution in [-0.2, 0) is 4.28 Å². The van der Waals surface area contributed by atoms with Crippen LogP contribution < -0.4 is 4.74 Å². The molecule has 4 heteroatoms. The van der Waals surface area contributed by atoms with Gasteiger partial charge in [0.05, 0.1) is 10.5 Å². The zero-order valence-corrected chi connectivity index (χ0v) is 14.3. The first-order chi connectivity index (χ1) is 11.7. The van der Waals surface area contributed by atoms with E-state index in [0.717, 1.165) is 27.3 Å². The van der Waals surface area contributed by atoms with Crippen LogP contribution >= 0.6 is 12.0 Å². The Labute approximate surface area is 145 Å². The lowest BCUT2D eigenvalue weighted by molar-refractivity contribution is 0.297.